The first-order valence-electron chi connectivity index (χ1n) is 10.8. The first-order chi connectivity index (χ1) is 16.3. The van der Waals surface area contributed by atoms with E-state index < -0.39 is 24.9 Å². The van der Waals surface area contributed by atoms with Gasteiger partial charge in [0, 0.05) is 24.7 Å². The van der Waals surface area contributed by atoms with Crippen molar-refractivity contribution in [3.8, 4) is 5.75 Å². The van der Waals surface area contributed by atoms with E-state index in [-0.39, 0.29) is 23.6 Å². The standard InChI is InChI=1S/C25H21F3N2O4/c26-20-6-5-18-9-29(10-19(18)7-20)11-21-8-22(31)23(13-33-21)34-12-16-1-3-17(4-2-16)24(32)30-14-25(27,28)15-30/h1-8,13H,9-12,14-15H2. The van der Waals surface area contributed by atoms with Gasteiger partial charge in [0.05, 0.1) is 19.6 Å². The summed E-state index contributed by atoms with van der Waals surface area (Å²) in [7, 11) is 0. The van der Waals surface area contributed by atoms with Gasteiger partial charge in [-0.25, -0.2) is 13.2 Å². The Bertz CT molecular complexity index is 1280. The highest BCUT2D eigenvalue weighted by atomic mass is 19.3. The van der Waals surface area contributed by atoms with Gasteiger partial charge < -0.3 is 14.1 Å². The molecule has 1 amide bonds. The third-order valence-electron chi connectivity index (χ3n) is 5.91. The number of halogens is 3. The average molecular weight is 470 g/mol. The van der Waals surface area contributed by atoms with E-state index in [2.05, 4.69) is 0 Å². The van der Waals surface area contributed by atoms with Crippen LogP contribution < -0.4 is 10.2 Å². The van der Waals surface area contributed by atoms with Crippen LogP contribution in [-0.4, -0.2) is 34.7 Å². The van der Waals surface area contributed by atoms with Crippen molar-refractivity contribution in [3.05, 3.63) is 98.8 Å². The number of benzene rings is 2. The summed E-state index contributed by atoms with van der Waals surface area (Å²) >= 11 is 0. The topological polar surface area (TPSA) is 63.0 Å². The van der Waals surface area contributed by atoms with Crippen molar-refractivity contribution in [1.82, 2.24) is 9.80 Å². The molecule has 0 saturated carbocycles. The lowest BCUT2D eigenvalue weighted by molar-refractivity contribution is -0.113. The number of ether oxygens (including phenoxy) is 1. The van der Waals surface area contributed by atoms with Gasteiger partial charge >= 0.3 is 0 Å². The van der Waals surface area contributed by atoms with Crippen molar-refractivity contribution in [3.63, 3.8) is 0 Å². The van der Waals surface area contributed by atoms with Crippen molar-refractivity contribution in [2.45, 2.75) is 32.2 Å². The number of fused-ring (bicyclic) bond motifs is 1. The third kappa shape index (κ3) is 4.70. The molecular weight excluding hydrogens is 449 g/mol. The van der Waals surface area contributed by atoms with Crippen LogP contribution in [0.4, 0.5) is 13.2 Å². The molecule has 1 saturated heterocycles. The van der Waals surface area contributed by atoms with Gasteiger partial charge in [0.25, 0.3) is 11.8 Å². The van der Waals surface area contributed by atoms with Crippen LogP contribution in [0.5, 0.6) is 5.75 Å². The minimum atomic E-state index is -2.81. The monoisotopic (exact) mass is 470 g/mol. The molecular formula is C25H21F3N2O4. The van der Waals surface area contributed by atoms with Crippen LogP contribution >= 0.6 is 0 Å². The molecule has 0 spiro atoms. The Morgan fingerprint density at radius 3 is 2.47 bits per heavy atom. The molecule has 5 rings (SSSR count). The predicted molar refractivity (Wildman–Crippen MR) is 116 cm³/mol. The molecule has 9 heteroatoms. The highest BCUT2D eigenvalue weighted by Crippen LogP contribution is 2.28. The smallest absolute Gasteiger partial charge is 0.282 e. The molecule has 0 N–H and O–H groups in total. The van der Waals surface area contributed by atoms with Gasteiger partial charge in [-0.1, -0.05) is 18.2 Å². The number of carbonyl (C=O) groups excluding carboxylic acids is 1. The van der Waals surface area contributed by atoms with E-state index >= 15 is 0 Å². The van der Waals surface area contributed by atoms with Crippen LogP contribution in [0.2, 0.25) is 0 Å². The van der Waals surface area contributed by atoms with Gasteiger partial charge in [-0.05, 0) is 41.0 Å². The summed E-state index contributed by atoms with van der Waals surface area (Å²) in [4.78, 5) is 27.8. The number of alkyl halides is 2. The maximum Gasteiger partial charge on any atom is 0.282 e. The average Bonchev–Trinajstić information content (AvgIpc) is 3.18. The van der Waals surface area contributed by atoms with E-state index in [0.717, 1.165) is 16.0 Å². The van der Waals surface area contributed by atoms with Crippen LogP contribution in [0.1, 0.15) is 32.8 Å². The van der Waals surface area contributed by atoms with Gasteiger partial charge in [-0.3, -0.25) is 14.5 Å². The van der Waals surface area contributed by atoms with Crippen molar-refractivity contribution >= 4 is 5.91 Å². The maximum atomic E-state index is 13.4. The lowest BCUT2D eigenvalue weighted by Gasteiger charge is -2.38. The fraction of sp³-hybridized carbons (Fsp3) is 0.280. The normalized spacial score (nSPS) is 16.7. The van der Waals surface area contributed by atoms with Gasteiger partial charge in [-0.15, -0.1) is 0 Å². The number of amides is 1. The lowest BCUT2D eigenvalue weighted by Crippen LogP contribution is -2.58. The highest BCUT2D eigenvalue weighted by molar-refractivity contribution is 5.94. The van der Waals surface area contributed by atoms with Crippen molar-refractivity contribution in [2.24, 2.45) is 0 Å². The van der Waals surface area contributed by atoms with E-state index in [0.29, 0.717) is 36.5 Å². The van der Waals surface area contributed by atoms with E-state index in [4.69, 9.17) is 9.15 Å². The predicted octanol–water partition coefficient (Wildman–Crippen LogP) is 3.96. The third-order valence-corrected chi connectivity index (χ3v) is 5.91. The minimum Gasteiger partial charge on any atom is -0.482 e. The van der Waals surface area contributed by atoms with Crippen LogP contribution in [0.15, 0.2) is 64.0 Å². The van der Waals surface area contributed by atoms with E-state index in [1.54, 1.807) is 30.3 Å². The molecule has 0 aliphatic carbocycles. The van der Waals surface area contributed by atoms with Crippen LogP contribution in [0, 0.1) is 5.82 Å². The van der Waals surface area contributed by atoms with Gasteiger partial charge in [0.15, 0.2) is 0 Å². The largest absolute Gasteiger partial charge is 0.482 e. The summed E-state index contributed by atoms with van der Waals surface area (Å²) in [6, 6.07) is 12.5. The molecule has 1 aromatic heterocycles. The zero-order chi connectivity index (χ0) is 23.9. The molecule has 2 aliphatic heterocycles. The summed E-state index contributed by atoms with van der Waals surface area (Å²) in [5.74, 6) is -2.99. The molecule has 0 unspecified atom stereocenters. The first kappa shape index (κ1) is 22.2. The Morgan fingerprint density at radius 1 is 1.03 bits per heavy atom. The molecule has 3 heterocycles. The summed E-state index contributed by atoms with van der Waals surface area (Å²) < 4.78 is 50.5. The fourth-order valence-corrected chi connectivity index (χ4v) is 4.14. The second-order valence-electron chi connectivity index (χ2n) is 8.64. The van der Waals surface area contributed by atoms with Crippen LogP contribution in [0.3, 0.4) is 0 Å². The second kappa shape index (κ2) is 8.64. The highest BCUT2D eigenvalue weighted by Gasteiger charge is 2.46. The first-order valence-corrected chi connectivity index (χ1v) is 10.8. The van der Waals surface area contributed by atoms with Gasteiger partial charge in [-0.2, -0.15) is 0 Å². The molecule has 1 fully saturated rings. The van der Waals surface area contributed by atoms with Crippen LogP contribution in [0.25, 0.3) is 0 Å². The quantitative estimate of drug-likeness (QED) is 0.546. The summed E-state index contributed by atoms with van der Waals surface area (Å²) in [6.07, 6.45) is 1.27. The Morgan fingerprint density at radius 2 is 1.76 bits per heavy atom. The molecule has 3 aromatic rings. The SMILES string of the molecule is O=C(c1ccc(COc2coc(CN3Cc4ccc(F)cc4C3)cc2=O)cc1)N1CC(F)(F)C1. The van der Waals surface area contributed by atoms with Gasteiger partial charge in [0.2, 0.25) is 11.2 Å². The molecule has 34 heavy (non-hydrogen) atoms. The Hall–Kier alpha value is -3.59. The number of hydrogen-bond donors (Lipinski definition) is 0. The Labute approximate surface area is 193 Å². The molecule has 0 atom stereocenters. The number of likely N-dealkylation sites (tertiary alicyclic amines) is 1. The minimum absolute atomic E-state index is 0.0542. The number of hydrogen-bond acceptors (Lipinski definition) is 5. The van der Waals surface area contributed by atoms with Crippen molar-refractivity contribution in [2.75, 3.05) is 13.1 Å². The summed E-state index contributed by atoms with van der Waals surface area (Å²) in [5.41, 5.74) is 2.68. The molecule has 0 radical (unpaired) electrons. The molecule has 2 aliphatic rings. The number of nitrogens with zero attached hydrogens (tertiary/aromatic N) is 2. The molecule has 2 aromatic carbocycles. The van der Waals surface area contributed by atoms with E-state index in [1.807, 2.05) is 4.90 Å². The maximum absolute atomic E-state index is 13.4. The van der Waals surface area contributed by atoms with Crippen LogP contribution in [-0.2, 0) is 26.2 Å². The fourth-order valence-electron chi connectivity index (χ4n) is 4.14. The number of rotatable bonds is 6. The second-order valence-corrected chi connectivity index (χ2v) is 8.64. The number of carbonyl (C=O) groups is 1. The molecule has 0 bridgehead atoms. The van der Waals surface area contributed by atoms with E-state index in [9.17, 15) is 22.8 Å². The van der Waals surface area contributed by atoms with E-state index in [1.165, 1.54) is 24.5 Å². The van der Waals surface area contributed by atoms with Crippen molar-refractivity contribution < 1.29 is 27.1 Å². The zero-order valence-electron chi connectivity index (χ0n) is 18.1. The van der Waals surface area contributed by atoms with Gasteiger partial charge in [0.1, 0.15) is 24.4 Å². The Kier molecular flexibility index (Phi) is 5.65. The molecule has 176 valence electrons. The van der Waals surface area contributed by atoms with Crippen molar-refractivity contribution in [1.29, 1.82) is 0 Å². The molecule has 6 nitrogen and oxygen atoms in total. The summed E-state index contributed by atoms with van der Waals surface area (Å²) in [6.45, 7) is 0.582. The Balaban J connectivity index is 1.15. The summed E-state index contributed by atoms with van der Waals surface area (Å²) in [5, 5.41) is 0. The lowest BCUT2D eigenvalue weighted by atomic mass is 10.1. The zero-order valence-corrected chi connectivity index (χ0v) is 18.1.